The van der Waals surface area contributed by atoms with E-state index in [0.29, 0.717) is 29.9 Å². The molecule has 35 heavy (non-hydrogen) atoms. The van der Waals surface area contributed by atoms with Crippen molar-refractivity contribution in [1.82, 2.24) is 14.7 Å². The fraction of sp³-hybridized carbons (Fsp3) is 0.500. The Hall–Kier alpha value is -2.63. The van der Waals surface area contributed by atoms with Gasteiger partial charge in [-0.3, -0.25) is 14.6 Å². The van der Waals surface area contributed by atoms with Crippen molar-refractivity contribution in [2.75, 3.05) is 19.6 Å². The van der Waals surface area contributed by atoms with Crippen molar-refractivity contribution in [3.63, 3.8) is 0 Å². The molecule has 0 radical (unpaired) electrons. The Bertz CT molecular complexity index is 1060. The third kappa shape index (κ3) is 3.99. The van der Waals surface area contributed by atoms with E-state index in [4.69, 9.17) is 0 Å². The molecule has 6 aliphatic rings. The van der Waals surface area contributed by atoms with E-state index >= 15 is 0 Å². The van der Waals surface area contributed by atoms with Crippen molar-refractivity contribution in [2.24, 2.45) is 0 Å². The van der Waals surface area contributed by atoms with Crippen LogP contribution in [-0.4, -0.2) is 69.5 Å². The summed E-state index contributed by atoms with van der Waals surface area (Å²) in [6, 6.07) is 18.3. The molecule has 0 aromatic heterocycles. The van der Waals surface area contributed by atoms with Crippen LogP contribution in [-0.2, 0) is 0 Å². The third-order valence-corrected chi connectivity index (χ3v) is 8.96. The highest BCUT2D eigenvalue weighted by atomic mass is 16.3. The van der Waals surface area contributed by atoms with Crippen molar-refractivity contribution in [2.45, 2.75) is 75.2 Å². The van der Waals surface area contributed by atoms with Gasteiger partial charge in [-0.1, -0.05) is 30.3 Å². The van der Waals surface area contributed by atoms with Crippen molar-refractivity contribution < 1.29 is 9.90 Å². The highest BCUT2D eigenvalue weighted by Gasteiger charge is 2.56. The summed E-state index contributed by atoms with van der Waals surface area (Å²) in [4.78, 5) is 20.5. The fourth-order valence-corrected chi connectivity index (χ4v) is 7.54. The van der Waals surface area contributed by atoms with Gasteiger partial charge < -0.3 is 10.0 Å². The van der Waals surface area contributed by atoms with Gasteiger partial charge in [0.05, 0.1) is 6.04 Å². The van der Waals surface area contributed by atoms with Gasteiger partial charge in [0, 0.05) is 49.4 Å². The number of phenols is 1. The first-order valence-electron chi connectivity index (χ1n) is 13.5. The number of benzene rings is 2. The van der Waals surface area contributed by atoms with Gasteiger partial charge in [-0.25, -0.2) is 0 Å². The minimum atomic E-state index is 0.0766. The smallest absolute Gasteiger partial charge is 0.253 e. The summed E-state index contributed by atoms with van der Waals surface area (Å²) < 4.78 is 0. The molecular weight excluding hydrogens is 434 g/mol. The Morgan fingerprint density at radius 1 is 0.914 bits per heavy atom. The number of amides is 1. The van der Waals surface area contributed by atoms with Gasteiger partial charge in [-0.15, -0.1) is 6.58 Å². The minimum absolute atomic E-state index is 0.0766. The molecule has 2 aromatic carbocycles. The number of fused-ring (bicyclic) bond motifs is 2. The molecule has 1 amide bonds. The third-order valence-electron chi connectivity index (χ3n) is 8.96. The zero-order valence-corrected chi connectivity index (χ0v) is 20.6. The Morgan fingerprint density at radius 2 is 1.57 bits per heavy atom. The predicted molar refractivity (Wildman–Crippen MR) is 139 cm³/mol. The highest BCUT2D eigenvalue weighted by Crippen LogP contribution is 2.50. The number of carbonyl (C=O) groups is 1. The number of carbonyl (C=O) groups excluding carboxylic acids is 1. The second-order valence-corrected chi connectivity index (χ2v) is 10.8. The first kappa shape index (κ1) is 22.8. The number of rotatable bonds is 6. The molecular formula is C30H37N3O2. The lowest BCUT2D eigenvalue weighted by Crippen LogP contribution is -2.75. The second-order valence-electron chi connectivity index (χ2n) is 10.8. The van der Waals surface area contributed by atoms with E-state index in [9.17, 15) is 9.90 Å². The molecule has 1 N–H and O–H groups in total. The minimum Gasteiger partial charge on any atom is -0.508 e. The van der Waals surface area contributed by atoms with E-state index < -0.39 is 0 Å². The lowest BCUT2D eigenvalue weighted by atomic mass is 9.69. The molecule has 0 saturated carbocycles. The van der Waals surface area contributed by atoms with Gasteiger partial charge in [-0.2, -0.15) is 0 Å². The number of piperazine rings is 1. The quantitative estimate of drug-likeness (QED) is 0.604. The lowest BCUT2D eigenvalue weighted by Gasteiger charge is -2.66. The maximum Gasteiger partial charge on any atom is 0.253 e. The molecule has 4 unspecified atom stereocenters. The fourth-order valence-electron chi connectivity index (χ4n) is 7.54. The zero-order valence-electron chi connectivity index (χ0n) is 20.6. The van der Waals surface area contributed by atoms with Gasteiger partial charge in [0.25, 0.3) is 5.91 Å². The average Bonchev–Trinajstić information content (AvgIpc) is 2.90. The van der Waals surface area contributed by atoms with Crippen LogP contribution >= 0.6 is 0 Å². The van der Waals surface area contributed by atoms with Crippen LogP contribution < -0.4 is 0 Å². The summed E-state index contributed by atoms with van der Waals surface area (Å²) in [7, 11) is 0. The van der Waals surface area contributed by atoms with Gasteiger partial charge in [0.1, 0.15) is 5.75 Å². The van der Waals surface area contributed by atoms with Gasteiger partial charge in [0.15, 0.2) is 0 Å². The zero-order chi connectivity index (χ0) is 23.9. The molecule has 5 atom stereocenters. The number of aromatic hydroxyl groups is 1. The van der Waals surface area contributed by atoms with Crippen LogP contribution in [0, 0.1) is 0 Å². The van der Waals surface area contributed by atoms with E-state index in [0.717, 1.165) is 43.6 Å². The molecule has 6 saturated heterocycles. The summed E-state index contributed by atoms with van der Waals surface area (Å²) in [5.74, 6) is 0.464. The topological polar surface area (TPSA) is 47.0 Å². The number of hydrogen-bond donors (Lipinski definition) is 1. The molecule has 0 spiro atoms. The van der Waals surface area contributed by atoms with Crippen LogP contribution in [0.2, 0.25) is 0 Å². The molecule has 2 aromatic rings. The second kappa shape index (κ2) is 9.44. The van der Waals surface area contributed by atoms with Gasteiger partial charge in [-0.05, 0) is 80.3 Å². The van der Waals surface area contributed by atoms with Crippen LogP contribution in [0.3, 0.4) is 0 Å². The molecule has 4 bridgehead atoms. The summed E-state index contributed by atoms with van der Waals surface area (Å²) in [5.41, 5.74) is 3.12. The number of piperidine rings is 5. The first-order valence-corrected chi connectivity index (χ1v) is 13.5. The molecule has 5 heteroatoms. The maximum atomic E-state index is 13.1. The number of nitrogens with zero attached hydrogens (tertiary/aromatic N) is 3. The summed E-state index contributed by atoms with van der Waals surface area (Å²) >= 11 is 0. The molecule has 6 fully saturated rings. The van der Waals surface area contributed by atoms with Crippen LogP contribution in [0.4, 0.5) is 0 Å². The summed E-state index contributed by atoms with van der Waals surface area (Å²) in [6.07, 6.45) is 10.4. The molecule has 6 aliphatic heterocycles. The average molecular weight is 472 g/mol. The molecule has 8 rings (SSSR count). The van der Waals surface area contributed by atoms with Crippen LogP contribution in [0.15, 0.2) is 61.2 Å². The van der Waals surface area contributed by atoms with E-state index in [1.54, 1.807) is 6.07 Å². The number of hydrogen-bond acceptors (Lipinski definition) is 4. The summed E-state index contributed by atoms with van der Waals surface area (Å²) in [6.45, 7) is 6.73. The van der Waals surface area contributed by atoms with Gasteiger partial charge in [0.2, 0.25) is 0 Å². The molecule has 6 heterocycles. The maximum absolute atomic E-state index is 13.1. The van der Waals surface area contributed by atoms with Crippen LogP contribution in [0.25, 0.3) is 0 Å². The van der Waals surface area contributed by atoms with E-state index in [1.165, 1.54) is 37.7 Å². The standard InChI is InChI=1S/C30H37N3O2/c1-2-17-32-25-13-15-27-26(32)14-16-28(25)33(27)29(23-7-6-8-24(34)20-23)21-9-11-22(12-10-21)30(35)31-18-4-3-5-19-31/h2,6-12,20,25-29,34H,1,3-5,13-19H2/t25?,26?,27-,28?,29?/m0/s1. The first-order chi connectivity index (χ1) is 17.2. The number of likely N-dealkylation sites (tertiary alicyclic amines) is 1. The SMILES string of the molecule is C=CCN1C2CC[C@H]3C1CCC2N3C(c1ccc(C(=O)N2CCCCC2)cc1)c1cccc(O)c1. The summed E-state index contributed by atoms with van der Waals surface area (Å²) in [5, 5.41) is 10.4. The van der Waals surface area contributed by atoms with Crippen LogP contribution in [0.5, 0.6) is 5.75 Å². The largest absolute Gasteiger partial charge is 0.508 e. The monoisotopic (exact) mass is 471 g/mol. The number of phenolic OH excluding ortho intramolecular Hbond substituents is 1. The highest BCUT2D eigenvalue weighted by molar-refractivity contribution is 5.94. The van der Waals surface area contributed by atoms with Crippen molar-refractivity contribution >= 4 is 5.91 Å². The lowest BCUT2D eigenvalue weighted by molar-refractivity contribution is -0.151. The van der Waals surface area contributed by atoms with Gasteiger partial charge >= 0.3 is 0 Å². The van der Waals surface area contributed by atoms with Crippen molar-refractivity contribution in [1.29, 1.82) is 0 Å². The van der Waals surface area contributed by atoms with Crippen LogP contribution in [0.1, 0.15) is 72.5 Å². The van der Waals surface area contributed by atoms with E-state index in [1.807, 2.05) is 29.2 Å². The Kier molecular flexibility index (Phi) is 6.15. The van der Waals surface area contributed by atoms with Crippen molar-refractivity contribution in [3.8, 4) is 5.75 Å². The Balaban J connectivity index is 1.34. The van der Waals surface area contributed by atoms with E-state index in [2.05, 4.69) is 40.7 Å². The Labute approximate surface area is 209 Å². The Morgan fingerprint density at radius 3 is 2.20 bits per heavy atom. The normalized spacial score (nSPS) is 29.3. The molecule has 0 aliphatic carbocycles. The van der Waals surface area contributed by atoms with E-state index in [-0.39, 0.29) is 11.9 Å². The molecule has 5 nitrogen and oxygen atoms in total. The van der Waals surface area contributed by atoms with Crippen molar-refractivity contribution in [3.05, 3.63) is 77.9 Å². The molecule has 184 valence electrons. The predicted octanol–water partition coefficient (Wildman–Crippen LogP) is 4.97.